The summed E-state index contributed by atoms with van der Waals surface area (Å²) in [5.41, 5.74) is 7.11. The van der Waals surface area contributed by atoms with Crippen LogP contribution < -0.4 is 10.5 Å². The lowest BCUT2D eigenvalue weighted by atomic mass is 9.93. The third-order valence-corrected chi connectivity index (χ3v) is 7.50. The molecule has 0 bridgehead atoms. The van der Waals surface area contributed by atoms with E-state index >= 15 is 0 Å². The number of carbonyl (C=O) groups excluding carboxylic acids is 1. The van der Waals surface area contributed by atoms with Crippen LogP contribution in [0.3, 0.4) is 0 Å². The number of primary amides is 1. The molecule has 2 aromatic heterocycles. The van der Waals surface area contributed by atoms with Crippen molar-refractivity contribution in [1.29, 1.82) is 0 Å². The number of rotatable bonds is 11. The first kappa shape index (κ1) is 29.1. The summed E-state index contributed by atoms with van der Waals surface area (Å²) in [5, 5.41) is 9.43. The zero-order valence-electron chi connectivity index (χ0n) is 23.1. The van der Waals surface area contributed by atoms with Crippen molar-refractivity contribution in [2.24, 2.45) is 5.73 Å². The summed E-state index contributed by atoms with van der Waals surface area (Å²) in [5.74, 6) is -2.45. The fraction of sp³-hybridized carbons (Fsp3) is 0.333. The van der Waals surface area contributed by atoms with Gasteiger partial charge in [-0.1, -0.05) is 6.07 Å². The largest absolute Gasteiger partial charge is 0.478 e. The van der Waals surface area contributed by atoms with Crippen LogP contribution in [0.1, 0.15) is 56.6 Å². The highest BCUT2D eigenvalue weighted by Gasteiger charge is 2.24. The Morgan fingerprint density at radius 3 is 2.45 bits per heavy atom. The van der Waals surface area contributed by atoms with Gasteiger partial charge in [0.1, 0.15) is 24.1 Å². The van der Waals surface area contributed by atoms with Gasteiger partial charge < -0.3 is 24.9 Å². The molecule has 5 rings (SSSR count). The van der Waals surface area contributed by atoms with Gasteiger partial charge in [0.15, 0.2) is 0 Å². The number of imidazole rings is 1. The summed E-state index contributed by atoms with van der Waals surface area (Å²) >= 11 is 0. The number of aromatic nitrogens is 3. The molecule has 0 atom stereocenters. The van der Waals surface area contributed by atoms with Crippen molar-refractivity contribution in [1.82, 2.24) is 19.4 Å². The number of carboxylic acids is 1. The van der Waals surface area contributed by atoms with Gasteiger partial charge in [0.05, 0.1) is 35.3 Å². The zero-order chi connectivity index (χ0) is 29.8. The number of likely N-dealkylation sites (tertiary alicyclic amines) is 1. The summed E-state index contributed by atoms with van der Waals surface area (Å²) in [4.78, 5) is 34.4. The molecule has 1 aliphatic rings. The maximum absolute atomic E-state index is 14.3. The molecule has 1 amide bonds. The fourth-order valence-corrected chi connectivity index (χ4v) is 5.21. The van der Waals surface area contributed by atoms with Crippen LogP contribution in [-0.2, 0) is 24.4 Å². The van der Waals surface area contributed by atoms with Gasteiger partial charge in [-0.3, -0.25) is 9.69 Å². The van der Waals surface area contributed by atoms with E-state index in [2.05, 4.69) is 9.88 Å². The number of ether oxygens (including phenoxy) is 2. The van der Waals surface area contributed by atoms with Gasteiger partial charge >= 0.3 is 5.97 Å². The lowest BCUT2D eigenvalue weighted by Gasteiger charge is -2.31. The van der Waals surface area contributed by atoms with Crippen molar-refractivity contribution in [3.05, 3.63) is 88.4 Å². The smallest absolute Gasteiger partial charge is 0.335 e. The van der Waals surface area contributed by atoms with E-state index in [9.17, 15) is 23.5 Å². The Morgan fingerprint density at radius 1 is 1.05 bits per heavy atom. The molecule has 1 fully saturated rings. The number of halogens is 2. The van der Waals surface area contributed by atoms with Gasteiger partial charge in [-0.25, -0.2) is 23.5 Å². The molecule has 0 radical (unpaired) electrons. The number of carboxylic acid groups (broad SMARTS) is 1. The average molecular weight is 580 g/mol. The van der Waals surface area contributed by atoms with Crippen molar-refractivity contribution >= 4 is 22.9 Å². The number of nitrogens with zero attached hydrogens (tertiary/aromatic N) is 4. The normalized spacial score (nSPS) is 14.4. The number of piperidine rings is 1. The van der Waals surface area contributed by atoms with Crippen LogP contribution in [0.5, 0.6) is 5.88 Å². The second kappa shape index (κ2) is 12.6. The summed E-state index contributed by atoms with van der Waals surface area (Å²) in [6, 6.07) is 12.1. The fourth-order valence-electron chi connectivity index (χ4n) is 5.21. The Kier molecular flexibility index (Phi) is 8.74. The quantitative estimate of drug-likeness (QED) is 0.271. The maximum atomic E-state index is 14.3. The van der Waals surface area contributed by atoms with Crippen molar-refractivity contribution in [3.63, 3.8) is 0 Å². The number of fused-ring (bicyclic) bond motifs is 1. The zero-order valence-corrected chi connectivity index (χ0v) is 23.1. The first-order valence-electron chi connectivity index (χ1n) is 13.5. The molecule has 3 N–H and O–H groups in total. The average Bonchev–Trinajstić information content (AvgIpc) is 3.31. The number of benzene rings is 2. The van der Waals surface area contributed by atoms with E-state index in [4.69, 9.17) is 20.2 Å². The lowest BCUT2D eigenvalue weighted by molar-refractivity contribution is 0.0696. The molecule has 3 heterocycles. The van der Waals surface area contributed by atoms with Crippen LogP contribution in [0.15, 0.2) is 48.5 Å². The molecule has 0 aliphatic carbocycles. The molecule has 12 heteroatoms. The van der Waals surface area contributed by atoms with Gasteiger partial charge in [-0.05, 0) is 62.3 Å². The summed E-state index contributed by atoms with van der Waals surface area (Å²) in [6.45, 7) is 2.85. The van der Waals surface area contributed by atoms with Crippen molar-refractivity contribution in [3.8, 4) is 5.88 Å². The number of hydrogen-bond donors (Lipinski definition) is 2. The Balaban J connectivity index is 1.23. The molecule has 10 nitrogen and oxygen atoms in total. The second-order valence-electron chi connectivity index (χ2n) is 10.2. The summed E-state index contributed by atoms with van der Waals surface area (Å²) in [6.07, 6.45) is 1.69. The molecule has 4 aromatic rings. The highest BCUT2D eigenvalue weighted by atomic mass is 19.1. The van der Waals surface area contributed by atoms with Gasteiger partial charge in [0.25, 0.3) is 0 Å². The monoisotopic (exact) mass is 579 g/mol. The number of nitrogens with two attached hydrogens (primary N) is 1. The molecule has 1 aliphatic heterocycles. The number of methoxy groups -OCH3 is 1. The van der Waals surface area contributed by atoms with Crippen LogP contribution in [-0.4, -0.2) is 63.2 Å². The Morgan fingerprint density at radius 2 is 1.79 bits per heavy atom. The van der Waals surface area contributed by atoms with E-state index in [1.165, 1.54) is 0 Å². The first-order chi connectivity index (χ1) is 20.2. The van der Waals surface area contributed by atoms with E-state index in [0.717, 1.165) is 60.6 Å². The van der Waals surface area contributed by atoms with Crippen LogP contribution in [0.2, 0.25) is 0 Å². The second-order valence-corrected chi connectivity index (χ2v) is 10.2. The number of carbonyl (C=O) groups is 2. The van der Waals surface area contributed by atoms with Gasteiger partial charge in [-0.15, -0.1) is 0 Å². The number of hydrogen-bond acceptors (Lipinski definition) is 7. The molecule has 0 saturated carbocycles. The lowest BCUT2D eigenvalue weighted by Crippen LogP contribution is -2.33. The van der Waals surface area contributed by atoms with Crippen molar-refractivity contribution in [2.45, 2.75) is 38.5 Å². The van der Waals surface area contributed by atoms with Crippen molar-refractivity contribution in [2.75, 3.05) is 26.8 Å². The molecule has 2 aromatic carbocycles. The molecule has 1 saturated heterocycles. The highest BCUT2D eigenvalue weighted by molar-refractivity contribution is 5.93. The van der Waals surface area contributed by atoms with Crippen LogP contribution in [0.4, 0.5) is 8.78 Å². The first-order valence-corrected chi connectivity index (χ1v) is 13.5. The number of amides is 1. The minimum absolute atomic E-state index is 0.179. The minimum Gasteiger partial charge on any atom is -0.478 e. The van der Waals surface area contributed by atoms with E-state index in [0.29, 0.717) is 19.7 Å². The molecule has 0 unspecified atom stereocenters. The minimum atomic E-state index is -0.985. The summed E-state index contributed by atoms with van der Waals surface area (Å²) in [7, 11) is 1.62. The SMILES string of the molecule is COCCn1c(CN2CCC(c3cccc(OCc4c(F)cc(C(N)=O)cc4F)n3)CC2)nc2ccc(C(=O)O)cc21. The van der Waals surface area contributed by atoms with Gasteiger partial charge in [-0.2, -0.15) is 0 Å². The molecule has 42 heavy (non-hydrogen) atoms. The Bertz CT molecular complexity index is 1590. The van der Waals surface area contributed by atoms with E-state index < -0.39 is 23.5 Å². The predicted octanol–water partition coefficient (Wildman–Crippen LogP) is 4.11. The standard InChI is InChI=1S/C30H31F2N5O5/c1-41-12-11-37-26-15-19(30(39)40)5-6-25(26)34-27(37)16-36-9-7-18(8-10-36)24-3-2-4-28(35-24)42-17-21-22(31)13-20(29(33)38)14-23(21)32/h2-6,13-15,18H,7-12,16-17H2,1H3,(H2,33,38)(H,39,40). The molecule has 0 spiro atoms. The van der Waals surface area contributed by atoms with Crippen LogP contribution >= 0.6 is 0 Å². The van der Waals surface area contributed by atoms with E-state index in [1.807, 2.05) is 10.6 Å². The van der Waals surface area contributed by atoms with Crippen LogP contribution in [0, 0.1) is 11.6 Å². The van der Waals surface area contributed by atoms with Crippen LogP contribution in [0.25, 0.3) is 11.0 Å². The molecule has 220 valence electrons. The Labute approximate surface area is 240 Å². The summed E-state index contributed by atoms with van der Waals surface area (Å²) < 4.78 is 41.6. The molecular weight excluding hydrogens is 548 g/mol. The number of pyridine rings is 1. The van der Waals surface area contributed by atoms with Gasteiger partial charge in [0.2, 0.25) is 11.8 Å². The maximum Gasteiger partial charge on any atom is 0.335 e. The predicted molar refractivity (Wildman–Crippen MR) is 149 cm³/mol. The van der Waals surface area contributed by atoms with Gasteiger partial charge in [0, 0.05) is 36.9 Å². The highest BCUT2D eigenvalue weighted by Crippen LogP contribution is 2.29. The Hall–Kier alpha value is -4.42. The van der Waals surface area contributed by atoms with Crippen molar-refractivity contribution < 1.29 is 33.0 Å². The molecular formula is C30H31F2N5O5. The van der Waals surface area contributed by atoms with E-state index in [-0.39, 0.29) is 35.1 Å². The third kappa shape index (κ3) is 6.39. The topological polar surface area (TPSA) is 133 Å². The third-order valence-electron chi connectivity index (χ3n) is 7.50. The number of aromatic carboxylic acids is 1. The van der Waals surface area contributed by atoms with E-state index in [1.54, 1.807) is 37.4 Å².